The van der Waals surface area contributed by atoms with E-state index in [1.54, 1.807) is 0 Å². The third kappa shape index (κ3) is 2.74. The van der Waals surface area contributed by atoms with Crippen LogP contribution in [0.15, 0.2) is 0 Å². The van der Waals surface area contributed by atoms with Gasteiger partial charge >= 0.3 is 0 Å². The highest BCUT2D eigenvalue weighted by molar-refractivity contribution is 5.83. The Morgan fingerprint density at radius 3 is 2.62 bits per heavy atom. The van der Waals surface area contributed by atoms with Gasteiger partial charge in [0, 0.05) is 19.2 Å². The Morgan fingerprint density at radius 2 is 1.96 bits per heavy atom. The highest BCUT2D eigenvalue weighted by Crippen LogP contribution is 2.69. The second kappa shape index (κ2) is 5.94. The number of fused-ring (bicyclic) bond motifs is 3. The molecule has 2 unspecified atom stereocenters. The van der Waals surface area contributed by atoms with Gasteiger partial charge in [-0.1, -0.05) is 6.92 Å². The van der Waals surface area contributed by atoms with Crippen molar-refractivity contribution in [2.45, 2.75) is 71.3 Å². The Kier molecular flexibility index (Phi) is 4.00. The van der Waals surface area contributed by atoms with E-state index in [2.05, 4.69) is 24.1 Å². The molecule has 0 spiro atoms. The summed E-state index contributed by atoms with van der Waals surface area (Å²) in [6.45, 7) is 9.76. The first-order valence-electron chi connectivity index (χ1n) is 11.0. The average Bonchev–Trinajstić information content (AvgIpc) is 2.59. The minimum Gasteiger partial charge on any atom is -0.381 e. The molecule has 3 saturated heterocycles. The molecule has 3 aliphatic heterocycles. The third-order valence-electron chi connectivity index (χ3n) is 8.53. The minimum atomic E-state index is -0.114. The van der Waals surface area contributed by atoms with Gasteiger partial charge in [0.2, 0.25) is 5.91 Å². The summed E-state index contributed by atoms with van der Waals surface area (Å²) in [6.07, 6.45) is 9.73. The summed E-state index contributed by atoms with van der Waals surface area (Å²) in [5.41, 5.74) is 0.497. The van der Waals surface area contributed by atoms with Crippen molar-refractivity contribution >= 4 is 5.91 Å². The lowest BCUT2D eigenvalue weighted by Crippen LogP contribution is -2.64. The van der Waals surface area contributed by atoms with Crippen LogP contribution in [0.1, 0.15) is 65.2 Å². The summed E-state index contributed by atoms with van der Waals surface area (Å²) >= 11 is 0. The first-order valence-corrected chi connectivity index (χ1v) is 11.0. The molecule has 0 aromatic heterocycles. The molecule has 6 bridgehead atoms. The average molecular weight is 361 g/mol. The van der Waals surface area contributed by atoms with E-state index in [0.29, 0.717) is 23.3 Å². The summed E-state index contributed by atoms with van der Waals surface area (Å²) in [5, 5.41) is 3.58. The molecule has 4 saturated carbocycles. The summed E-state index contributed by atoms with van der Waals surface area (Å²) in [6, 6.07) is 0.397. The van der Waals surface area contributed by atoms with Crippen molar-refractivity contribution in [2.24, 2.45) is 28.1 Å². The normalized spacial score (nSPS) is 51.6. The van der Waals surface area contributed by atoms with Gasteiger partial charge in [0.25, 0.3) is 0 Å². The van der Waals surface area contributed by atoms with Crippen LogP contribution in [0.5, 0.6) is 0 Å². The van der Waals surface area contributed by atoms with E-state index in [-0.39, 0.29) is 10.8 Å². The number of amides is 1. The van der Waals surface area contributed by atoms with Gasteiger partial charge in [0.15, 0.2) is 0 Å². The van der Waals surface area contributed by atoms with Crippen LogP contribution in [0, 0.1) is 28.1 Å². The minimum absolute atomic E-state index is 0.114. The molecule has 0 aromatic rings. The monoisotopic (exact) mass is 360 g/mol. The van der Waals surface area contributed by atoms with Gasteiger partial charge in [-0.2, -0.15) is 0 Å². The largest absolute Gasteiger partial charge is 0.381 e. The van der Waals surface area contributed by atoms with Gasteiger partial charge in [0.1, 0.15) is 0 Å². The molecule has 7 aliphatic rings. The summed E-state index contributed by atoms with van der Waals surface area (Å²) in [4.78, 5) is 16.2. The van der Waals surface area contributed by atoms with Gasteiger partial charge in [0.05, 0.1) is 12.0 Å². The van der Waals surface area contributed by atoms with Crippen molar-refractivity contribution in [2.75, 3.05) is 32.8 Å². The van der Waals surface area contributed by atoms with Gasteiger partial charge in [-0.15, -0.1) is 0 Å². The van der Waals surface area contributed by atoms with Crippen LogP contribution < -0.4 is 5.32 Å². The van der Waals surface area contributed by atoms with Gasteiger partial charge in [-0.05, 0) is 94.0 Å². The number of nitrogens with one attached hydrogen (secondary N) is 1. The molecule has 4 nitrogen and oxygen atoms in total. The van der Waals surface area contributed by atoms with E-state index in [1.165, 1.54) is 45.2 Å². The maximum atomic E-state index is 13.6. The fourth-order valence-electron chi connectivity index (χ4n) is 8.32. The Bertz CT molecular complexity index is 587. The van der Waals surface area contributed by atoms with Crippen molar-refractivity contribution in [1.29, 1.82) is 0 Å². The van der Waals surface area contributed by atoms with Crippen molar-refractivity contribution in [3.8, 4) is 0 Å². The zero-order valence-electron chi connectivity index (χ0n) is 16.7. The molecule has 7 rings (SSSR count). The number of hydrogen-bond acceptors (Lipinski definition) is 3. The summed E-state index contributed by atoms with van der Waals surface area (Å²) in [5.74, 6) is 1.84. The molecule has 1 N–H and O–H groups in total. The van der Waals surface area contributed by atoms with Gasteiger partial charge < -0.3 is 15.0 Å². The Morgan fingerprint density at radius 1 is 1.15 bits per heavy atom. The third-order valence-corrected chi connectivity index (χ3v) is 8.53. The molecular formula is C22H36N2O2. The summed E-state index contributed by atoms with van der Waals surface area (Å²) in [7, 11) is 0. The smallest absolute Gasteiger partial charge is 0.226 e. The molecule has 0 radical (unpaired) electrons. The van der Waals surface area contributed by atoms with Gasteiger partial charge in [-0.3, -0.25) is 4.79 Å². The van der Waals surface area contributed by atoms with Crippen LogP contribution in [0.3, 0.4) is 0 Å². The van der Waals surface area contributed by atoms with E-state index in [9.17, 15) is 4.79 Å². The van der Waals surface area contributed by atoms with Crippen LogP contribution in [-0.2, 0) is 9.53 Å². The van der Waals surface area contributed by atoms with E-state index in [1.807, 2.05) is 0 Å². The lowest BCUT2D eigenvalue weighted by atomic mass is 9.40. The number of rotatable bonds is 5. The molecule has 3 heterocycles. The second-order valence-electron chi connectivity index (χ2n) is 11.0. The molecule has 5 atom stereocenters. The zero-order chi connectivity index (χ0) is 18.0. The van der Waals surface area contributed by atoms with Crippen molar-refractivity contribution in [3.05, 3.63) is 0 Å². The number of hydrogen-bond donors (Lipinski definition) is 1. The molecule has 0 aromatic carbocycles. The van der Waals surface area contributed by atoms with Crippen molar-refractivity contribution in [3.63, 3.8) is 0 Å². The Labute approximate surface area is 158 Å². The van der Waals surface area contributed by atoms with E-state index >= 15 is 0 Å². The molecular weight excluding hydrogens is 324 g/mol. The number of nitrogens with zero attached hydrogens (tertiary/aromatic N) is 1. The number of piperidine rings is 3. The topological polar surface area (TPSA) is 41.6 Å². The standard InChI is InChI=1S/C22H36N2O2/c1-3-26-15-21-9-16-8-20(2,12-21)13-22(10-16,14-21)19(25)23-18-11-24-6-4-17(18)5-7-24/h16-18H,3-15H2,1-2H3,(H,23,25)/t16?,18-,20-,21-,22?/m1/s1. The van der Waals surface area contributed by atoms with Crippen molar-refractivity contribution in [1.82, 2.24) is 10.2 Å². The lowest BCUT2D eigenvalue weighted by Gasteiger charge is -2.65. The highest BCUT2D eigenvalue weighted by Gasteiger charge is 2.64. The van der Waals surface area contributed by atoms with E-state index in [0.717, 1.165) is 44.9 Å². The quantitative estimate of drug-likeness (QED) is 0.818. The SMILES string of the molecule is CCOC[C@]12CC3CC(C(=O)N[C@@H]4CN5CCC4CC5)(C[C@](C)(C3)C1)C2. The van der Waals surface area contributed by atoms with Crippen molar-refractivity contribution < 1.29 is 9.53 Å². The first kappa shape index (κ1) is 17.5. The van der Waals surface area contributed by atoms with Crippen LogP contribution in [0.2, 0.25) is 0 Å². The van der Waals surface area contributed by atoms with E-state index < -0.39 is 0 Å². The maximum Gasteiger partial charge on any atom is 0.226 e. The molecule has 4 aliphatic carbocycles. The predicted octanol–water partition coefficient (Wildman–Crippen LogP) is 3.21. The Hall–Kier alpha value is -0.610. The molecule has 146 valence electrons. The molecule has 7 fully saturated rings. The molecule has 4 heteroatoms. The number of carbonyl (C=O) groups excluding carboxylic acids is 1. The van der Waals surface area contributed by atoms with E-state index in [4.69, 9.17) is 4.74 Å². The lowest BCUT2D eigenvalue weighted by molar-refractivity contribution is -0.185. The van der Waals surface area contributed by atoms with Crippen LogP contribution in [0.25, 0.3) is 0 Å². The fourth-order valence-corrected chi connectivity index (χ4v) is 8.32. The zero-order valence-corrected chi connectivity index (χ0v) is 16.7. The molecule has 26 heavy (non-hydrogen) atoms. The van der Waals surface area contributed by atoms with Crippen LogP contribution >= 0.6 is 0 Å². The Balaban J connectivity index is 1.36. The predicted molar refractivity (Wildman–Crippen MR) is 102 cm³/mol. The summed E-state index contributed by atoms with van der Waals surface area (Å²) < 4.78 is 5.94. The highest BCUT2D eigenvalue weighted by atomic mass is 16.5. The van der Waals surface area contributed by atoms with Gasteiger partial charge in [-0.25, -0.2) is 0 Å². The second-order valence-corrected chi connectivity index (χ2v) is 11.0. The fraction of sp³-hybridized carbons (Fsp3) is 0.955. The van der Waals surface area contributed by atoms with Crippen LogP contribution in [0.4, 0.5) is 0 Å². The molecule has 1 amide bonds. The number of carbonyl (C=O) groups is 1. The number of ether oxygens (including phenoxy) is 1. The first-order chi connectivity index (χ1) is 12.4. The maximum absolute atomic E-state index is 13.6. The van der Waals surface area contributed by atoms with Crippen LogP contribution in [-0.4, -0.2) is 49.7 Å².